The van der Waals surface area contributed by atoms with Gasteiger partial charge in [0, 0.05) is 38.6 Å². The maximum Gasteiger partial charge on any atom is 0.225 e. The molecule has 0 aromatic carbocycles. The predicted octanol–water partition coefficient (Wildman–Crippen LogP) is 1.65. The molecule has 0 bridgehead atoms. The van der Waals surface area contributed by atoms with Crippen LogP contribution in [0.15, 0.2) is 23.5 Å². The van der Waals surface area contributed by atoms with Crippen LogP contribution in [0.2, 0.25) is 0 Å². The Balaban J connectivity index is 1.37. The number of anilines is 1. The van der Waals surface area contributed by atoms with Gasteiger partial charge in [-0.2, -0.15) is 0 Å². The molecule has 1 saturated carbocycles. The van der Waals surface area contributed by atoms with E-state index in [1.807, 2.05) is 6.07 Å². The molecule has 0 spiro atoms. The molecular formula is C18H30N6O. The van der Waals surface area contributed by atoms with E-state index in [1.54, 1.807) is 12.4 Å². The summed E-state index contributed by atoms with van der Waals surface area (Å²) in [6.45, 7) is 4.72. The van der Waals surface area contributed by atoms with Gasteiger partial charge in [-0.1, -0.05) is 25.7 Å². The fraction of sp³-hybridized carbons (Fsp3) is 0.722. The highest BCUT2D eigenvalue weighted by Gasteiger charge is 2.19. The molecular weight excluding hydrogens is 316 g/mol. The average Bonchev–Trinajstić information content (AvgIpc) is 2.95. The van der Waals surface area contributed by atoms with E-state index < -0.39 is 0 Å². The van der Waals surface area contributed by atoms with Gasteiger partial charge in [0.15, 0.2) is 5.96 Å². The lowest BCUT2D eigenvalue weighted by Crippen LogP contribution is -2.51. The first-order valence-corrected chi connectivity index (χ1v) is 9.51. The number of ether oxygens (including phenoxy) is 1. The number of rotatable bonds is 5. The second kappa shape index (κ2) is 9.56. The van der Waals surface area contributed by atoms with Crippen molar-refractivity contribution in [1.29, 1.82) is 0 Å². The van der Waals surface area contributed by atoms with Crippen LogP contribution in [0.4, 0.5) is 5.95 Å². The standard InChI is InChI=1S/C18H30N6O/c19-17(20-10-15-25-16-6-3-1-2-4-7-16)23-11-13-24(14-12-23)18-21-8-5-9-22-18/h5,8-9,16H,1-4,6-7,10-15H2,(H2,19,20). The van der Waals surface area contributed by atoms with E-state index in [1.165, 1.54) is 38.5 Å². The molecule has 1 aromatic heterocycles. The van der Waals surface area contributed by atoms with Crippen LogP contribution in [-0.4, -0.2) is 66.3 Å². The largest absolute Gasteiger partial charge is 0.376 e. The first-order valence-electron chi connectivity index (χ1n) is 9.51. The molecule has 7 heteroatoms. The molecule has 0 atom stereocenters. The lowest BCUT2D eigenvalue weighted by Gasteiger charge is -2.35. The molecule has 1 aliphatic heterocycles. The van der Waals surface area contributed by atoms with Crippen molar-refractivity contribution in [3.63, 3.8) is 0 Å². The highest BCUT2D eigenvalue weighted by Crippen LogP contribution is 2.19. The average molecular weight is 346 g/mol. The Morgan fingerprint density at radius 3 is 2.44 bits per heavy atom. The number of nitrogens with two attached hydrogens (primary N) is 1. The van der Waals surface area contributed by atoms with Gasteiger partial charge >= 0.3 is 0 Å². The van der Waals surface area contributed by atoms with Crippen LogP contribution >= 0.6 is 0 Å². The summed E-state index contributed by atoms with van der Waals surface area (Å²) in [5.74, 6) is 1.41. The van der Waals surface area contributed by atoms with Crippen LogP contribution in [0.25, 0.3) is 0 Å². The van der Waals surface area contributed by atoms with Gasteiger partial charge in [0.2, 0.25) is 5.95 Å². The predicted molar refractivity (Wildman–Crippen MR) is 99.7 cm³/mol. The first-order chi connectivity index (χ1) is 12.3. The molecule has 138 valence electrons. The number of nitrogens with zero attached hydrogens (tertiary/aromatic N) is 5. The molecule has 2 N–H and O–H groups in total. The van der Waals surface area contributed by atoms with Crippen LogP contribution in [0, 0.1) is 0 Å². The number of hydrogen-bond acceptors (Lipinski definition) is 5. The van der Waals surface area contributed by atoms with Crippen molar-refractivity contribution in [3.05, 3.63) is 18.5 Å². The quantitative estimate of drug-likeness (QED) is 0.378. The molecule has 0 radical (unpaired) electrons. The van der Waals surface area contributed by atoms with Crippen LogP contribution in [0.1, 0.15) is 38.5 Å². The van der Waals surface area contributed by atoms with Crippen molar-refractivity contribution < 1.29 is 4.74 Å². The number of hydrogen-bond donors (Lipinski definition) is 1. The van der Waals surface area contributed by atoms with Crippen molar-refractivity contribution in [3.8, 4) is 0 Å². The molecule has 0 unspecified atom stereocenters. The van der Waals surface area contributed by atoms with Gasteiger partial charge in [0.1, 0.15) is 0 Å². The van der Waals surface area contributed by atoms with E-state index in [0.29, 0.717) is 25.2 Å². The van der Waals surface area contributed by atoms with E-state index in [0.717, 1.165) is 32.1 Å². The number of guanidine groups is 1. The van der Waals surface area contributed by atoms with Crippen molar-refractivity contribution in [2.75, 3.05) is 44.2 Å². The van der Waals surface area contributed by atoms with Gasteiger partial charge in [-0.05, 0) is 18.9 Å². The first kappa shape index (κ1) is 17.9. The molecule has 2 fully saturated rings. The minimum Gasteiger partial charge on any atom is -0.376 e. The summed E-state index contributed by atoms with van der Waals surface area (Å²) >= 11 is 0. The van der Waals surface area contributed by atoms with E-state index in [4.69, 9.17) is 10.5 Å². The molecule has 2 aliphatic rings. The Morgan fingerprint density at radius 2 is 1.76 bits per heavy atom. The topological polar surface area (TPSA) is 79.9 Å². The Kier molecular flexibility index (Phi) is 6.85. The Bertz CT molecular complexity index is 522. The summed E-state index contributed by atoms with van der Waals surface area (Å²) in [5, 5.41) is 0. The minimum atomic E-state index is 0.424. The third-order valence-electron chi connectivity index (χ3n) is 4.96. The fourth-order valence-corrected chi connectivity index (χ4v) is 3.48. The molecule has 2 heterocycles. The Labute approximate surface area is 150 Å². The number of aromatic nitrogens is 2. The summed E-state index contributed by atoms with van der Waals surface area (Å²) in [7, 11) is 0. The molecule has 7 nitrogen and oxygen atoms in total. The van der Waals surface area contributed by atoms with Gasteiger partial charge in [-0.3, -0.25) is 4.99 Å². The highest BCUT2D eigenvalue weighted by molar-refractivity contribution is 5.78. The highest BCUT2D eigenvalue weighted by atomic mass is 16.5. The van der Waals surface area contributed by atoms with E-state index in [2.05, 4.69) is 24.8 Å². The zero-order valence-corrected chi connectivity index (χ0v) is 15.0. The monoisotopic (exact) mass is 346 g/mol. The molecule has 1 aliphatic carbocycles. The van der Waals surface area contributed by atoms with Crippen molar-refractivity contribution in [2.24, 2.45) is 10.7 Å². The zero-order valence-electron chi connectivity index (χ0n) is 15.0. The van der Waals surface area contributed by atoms with Gasteiger partial charge in [-0.15, -0.1) is 0 Å². The van der Waals surface area contributed by atoms with Crippen LogP contribution < -0.4 is 10.6 Å². The smallest absolute Gasteiger partial charge is 0.225 e. The van der Waals surface area contributed by atoms with Crippen molar-refractivity contribution in [2.45, 2.75) is 44.6 Å². The summed E-state index contributed by atoms with van der Waals surface area (Å²) in [5.41, 5.74) is 6.15. The molecule has 3 rings (SSSR count). The van der Waals surface area contributed by atoms with Crippen molar-refractivity contribution >= 4 is 11.9 Å². The number of aliphatic imine (C=N–C) groups is 1. The van der Waals surface area contributed by atoms with Crippen LogP contribution in [-0.2, 0) is 4.74 Å². The van der Waals surface area contributed by atoms with Gasteiger partial charge in [-0.25, -0.2) is 9.97 Å². The molecule has 1 saturated heterocycles. The van der Waals surface area contributed by atoms with E-state index in [9.17, 15) is 0 Å². The Morgan fingerprint density at radius 1 is 1.08 bits per heavy atom. The van der Waals surface area contributed by atoms with Gasteiger partial charge in [0.05, 0.1) is 19.3 Å². The normalized spacial score (nSPS) is 20.6. The minimum absolute atomic E-state index is 0.424. The summed E-state index contributed by atoms with van der Waals surface area (Å²) in [6, 6.07) is 1.83. The number of piperazine rings is 1. The lowest BCUT2D eigenvalue weighted by atomic mass is 10.1. The van der Waals surface area contributed by atoms with E-state index >= 15 is 0 Å². The summed E-state index contributed by atoms with van der Waals surface area (Å²) in [6.07, 6.45) is 11.7. The summed E-state index contributed by atoms with van der Waals surface area (Å²) < 4.78 is 5.97. The summed E-state index contributed by atoms with van der Waals surface area (Å²) in [4.78, 5) is 17.4. The van der Waals surface area contributed by atoms with Gasteiger partial charge in [0.25, 0.3) is 0 Å². The molecule has 0 amide bonds. The second-order valence-corrected chi connectivity index (χ2v) is 6.75. The van der Waals surface area contributed by atoms with Crippen molar-refractivity contribution in [1.82, 2.24) is 14.9 Å². The maximum absolute atomic E-state index is 6.15. The van der Waals surface area contributed by atoms with E-state index in [-0.39, 0.29) is 0 Å². The second-order valence-electron chi connectivity index (χ2n) is 6.75. The lowest BCUT2D eigenvalue weighted by molar-refractivity contribution is 0.0486. The van der Waals surface area contributed by atoms with Gasteiger partial charge < -0.3 is 20.3 Å². The maximum atomic E-state index is 6.15. The zero-order chi connectivity index (χ0) is 17.3. The fourth-order valence-electron chi connectivity index (χ4n) is 3.48. The third-order valence-corrected chi connectivity index (χ3v) is 4.96. The van der Waals surface area contributed by atoms with Crippen LogP contribution in [0.5, 0.6) is 0 Å². The van der Waals surface area contributed by atoms with Crippen LogP contribution in [0.3, 0.4) is 0 Å². The SMILES string of the molecule is NC(=NCCOC1CCCCCC1)N1CCN(c2ncccn2)CC1. The molecule has 1 aromatic rings. The Hall–Kier alpha value is -1.89. The third kappa shape index (κ3) is 5.56. The molecule has 25 heavy (non-hydrogen) atoms.